The zero-order valence-corrected chi connectivity index (χ0v) is 15.4. The van der Waals surface area contributed by atoms with Crippen LogP contribution in [0.2, 0.25) is 0 Å². The summed E-state index contributed by atoms with van der Waals surface area (Å²) in [6.45, 7) is 2.20. The molecule has 0 fully saturated rings. The van der Waals surface area contributed by atoms with Crippen molar-refractivity contribution in [2.75, 3.05) is 5.33 Å². The average molecular weight is 478 g/mol. The van der Waals surface area contributed by atoms with Crippen molar-refractivity contribution in [3.63, 3.8) is 0 Å². The highest BCUT2D eigenvalue weighted by molar-refractivity contribution is 9.12. The second-order valence-corrected chi connectivity index (χ2v) is 7.39. The van der Waals surface area contributed by atoms with Gasteiger partial charge in [-0.3, -0.25) is 0 Å². The van der Waals surface area contributed by atoms with Crippen LogP contribution in [-0.4, -0.2) is 10.2 Å². The molecule has 0 nitrogen and oxygen atoms in total. The van der Waals surface area contributed by atoms with Gasteiger partial charge >= 0.3 is 0 Å². The first-order valence-electron chi connectivity index (χ1n) is 5.25. The van der Waals surface area contributed by atoms with Gasteiger partial charge in [0.25, 0.3) is 0 Å². The van der Waals surface area contributed by atoms with Crippen molar-refractivity contribution in [3.05, 3.63) is 32.2 Å². The van der Waals surface area contributed by atoms with Gasteiger partial charge in [0, 0.05) is 19.1 Å². The summed E-state index contributed by atoms with van der Waals surface area (Å²) in [6, 6.07) is 4.47. The Morgan fingerprint density at radius 3 is 2.19 bits per heavy atom. The van der Waals surface area contributed by atoms with Gasteiger partial charge in [0.2, 0.25) is 0 Å². The molecule has 0 saturated heterocycles. The molecule has 0 aliphatic rings. The number of alkyl halides is 2. The van der Waals surface area contributed by atoms with Crippen LogP contribution in [-0.2, 0) is 12.8 Å². The molecule has 1 aromatic rings. The molecule has 1 atom stereocenters. The number of benzene rings is 1. The van der Waals surface area contributed by atoms with Crippen molar-refractivity contribution >= 4 is 63.7 Å². The summed E-state index contributed by atoms with van der Waals surface area (Å²) in [5.74, 6) is 0. The predicted molar refractivity (Wildman–Crippen MR) is 86.1 cm³/mol. The van der Waals surface area contributed by atoms with E-state index in [-0.39, 0.29) is 0 Å². The van der Waals surface area contributed by atoms with E-state index < -0.39 is 0 Å². The SMILES string of the molecule is CCCc1cc(Br)c(CC(Br)CBr)c(Br)c1. The van der Waals surface area contributed by atoms with Crippen molar-refractivity contribution in [2.45, 2.75) is 31.0 Å². The van der Waals surface area contributed by atoms with Gasteiger partial charge in [0.15, 0.2) is 0 Å². The molecule has 1 unspecified atom stereocenters. The molecule has 90 valence electrons. The second-order valence-electron chi connectivity index (χ2n) is 3.74. The largest absolute Gasteiger partial charge is 0.0916 e. The Morgan fingerprint density at radius 1 is 1.19 bits per heavy atom. The van der Waals surface area contributed by atoms with E-state index in [1.54, 1.807) is 0 Å². The van der Waals surface area contributed by atoms with Crippen LogP contribution in [0.4, 0.5) is 0 Å². The quantitative estimate of drug-likeness (QED) is 0.466. The third-order valence-electron chi connectivity index (χ3n) is 2.33. The number of halogens is 4. The fourth-order valence-corrected chi connectivity index (χ4v) is 3.72. The van der Waals surface area contributed by atoms with E-state index in [2.05, 4.69) is 82.8 Å². The molecule has 0 aliphatic heterocycles. The lowest BCUT2D eigenvalue weighted by Crippen LogP contribution is -2.05. The molecule has 0 aromatic heterocycles. The molecule has 0 radical (unpaired) electrons. The van der Waals surface area contributed by atoms with Crippen molar-refractivity contribution in [1.82, 2.24) is 0 Å². The van der Waals surface area contributed by atoms with Gasteiger partial charge in [-0.05, 0) is 36.1 Å². The Morgan fingerprint density at radius 2 is 1.75 bits per heavy atom. The van der Waals surface area contributed by atoms with E-state index in [9.17, 15) is 0 Å². The summed E-state index contributed by atoms with van der Waals surface area (Å²) in [7, 11) is 0. The average Bonchev–Trinajstić information content (AvgIpc) is 2.23. The predicted octanol–water partition coefficient (Wildman–Crippen LogP) is 5.87. The van der Waals surface area contributed by atoms with Crippen LogP contribution in [0.3, 0.4) is 0 Å². The molecule has 1 aromatic carbocycles. The molecule has 4 heteroatoms. The fourth-order valence-electron chi connectivity index (χ4n) is 1.56. The Labute approximate surface area is 131 Å². The maximum Gasteiger partial charge on any atom is 0.0283 e. The van der Waals surface area contributed by atoms with Crippen LogP contribution in [0.15, 0.2) is 21.1 Å². The monoisotopic (exact) mass is 474 g/mol. The molecule has 16 heavy (non-hydrogen) atoms. The molecule has 0 N–H and O–H groups in total. The Kier molecular flexibility index (Phi) is 7.17. The second kappa shape index (κ2) is 7.55. The smallest absolute Gasteiger partial charge is 0.0283 e. The first-order valence-corrected chi connectivity index (χ1v) is 8.87. The van der Waals surface area contributed by atoms with Gasteiger partial charge in [-0.2, -0.15) is 0 Å². The van der Waals surface area contributed by atoms with Crippen LogP contribution in [0.1, 0.15) is 24.5 Å². The van der Waals surface area contributed by atoms with Crippen molar-refractivity contribution in [2.24, 2.45) is 0 Å². The molecule has 0 bridgehead atoms. The molecule has 0 aliphatic carbocycles. The van der Waals surface area contributed by atoms with E-state index >= 15 is 0 Å². The van der Waals surface area contributed by atoms with Gasteiger partial charge in [-0.15, -0.1) is 0 Å². The van der Waals surface area contributed by atoms with Gasteiger partial charge in [0.1, 0.15) is 0 Å². The zero-order chi connectivity index (χ0) is 12.1. The molecule has 0 spiro atoms. The summed E-state index contributed by atoms with van der Waals surface area (Å²) in [5.41, 5.74) is 2.72. The standard InChI is InChI=1S/C12H14Br4/c1-2-3-8-4-11(15)10(12(16)5-8)6-9(14)7-13/h4-5,9H,2-3,6-7H2,1H3. The lowest BCUT2D eigenvalue weighted by Gasteiger charge is -2.12. The topological polar surface area (TPSA) is 0 Å². The number of rotatable bonds is 5. The zero-order valence-electron chi connectivity index (χ0n) is 9.07. The van der Waals surface area contributed by atoms with Crippen molar-refractivity contribution in [3.8, 4) is 0 Å². The lowest BCUT2D eigenvalue weighted by atomic mass is 10.1. The minimum Gasteiger partial charge on any atom is -0.0916 e. The third kappa shape index (κ3) is 4.43. The maximum atomic E-state index is 3.66. The number of aryl methyl sites for hydroxylation is 1. The third-order valence-corrected chi connectivity index (χ3v) is 6.05. The summed E-state index contributed by atoms with van der Waals surface area (Å²) in [5, 5.41) is 0.961. The first kappa shape index (κ1) is 15.2. The Balaban J connectivity index is 2.93. The highest BCUT2D eigenvalue weighted by Gasteiger charge is 2.11. The van der Waals surface area contributed by atoms with Crippen LogP contribution in [0.5, 0.6) is 0 Å². The minimum atomic E-state index is 0.470. The normalized spacial score (nSPS) is 12.8. The molecule has 1 rings (SSSR count). The minimum absolute atomic E-state index is 0.470. The van der Waals surface area contributed by atoms with E-state index in [0.29, 0.717) is 4.83 Å². The number of hydrogen-bond acceptors (Lipinski definition) is 0. The maximum absolute atomic E-state index is 3.66. The highest BCUT2D eigenvalue weighted by atomic mass is 79.9. The van der Waals surface area contributed by atoms with E-state index in [1.165, 1.54) is 26.5 Å². The van der Waals surface area contributed by atoms with Crippen LogP contribution in [0.25, 0.3) is 0 Å². The van der Waals surface area contributed by atoms with Crippen LogP contribution >= 0.6 is 63.7 Å². The molecule has 0 saturated carbocycles. The molecular weight excluding hydrogens is 464 g/mol. The summed E-state index contributed by atoms with van der Waals surface area (Å²) >= 11 is 14.4. The van der Waals surface area contributed by atoms with Crippen molar-refractivity contribution in [1.29, 1.82) is 0 Å². The lowest BCUT2D eigenvalue weighted by molar-refractivity contribution is 0.910. The van der Waals surface area contributed by atoms with E-state index in [0.717, 1.165) is 18.2 Å². The van der Waals surface area contributed by atoms with E-state index in [4.69, 9.17) is 0 Å². The van der Waals surface area contributed by atoms with Crippen LogP contribution < -0.4 is 0 Å². The molecular formula is C12H14Br4. The highest BCUT2D eigenvalue weighted by Crippen LogP contribution is 2.30. The van der Waals surface area contributed by atoms with Crippen molar-refractivity contribution < 1.29 is 0 Å². The molecule has 0 heterocycles. The molecule has 0 amide bonds. The van der Waals surface area contributed by atoms with Gasteiger partial charge < -0.3 is 0 Å². The summed E-state index contributed by atoms with van der Waals surface area (Å²) < 4.78 is 2.41. The first-order chi connectivity index (χ1) is 7.58. The van der Waals surface area contributed by atoms with Crippen LogP contribution in [0, 0.1) is 0 Å². The summed E-state index contributed by atoms with van der Waals surface area (Å²) in [4.78, 5) is 0.470. The van der Waals surface area contributed by atoms with Gasteiger partial charge in [-0.25, -0.2) is 0 Å². The van der Waals surface area contributed by atoms with E-state index in [1.807, 2.05) is 0 Å². The Hall–Kier alpha value is 1.14. The summed E-state index contributed by atoms with van der Waals surface area (Å²) in [6.07, 6.45) is 3.33. The number of hydrogen-bond donors (Lipinski definition) is 0. The fraction of sp³-hybridized carbons (Fsp3) is 0.500. The Bertz CT molecular complexity index is 326. The van der Waals surface area contributed by atoms with Gasteiger partial charge in [0.05, 0.1) is 0 Å². The van der Waals surface area contributed by atoms with Gasteiger partial charge in [-0.1, -0.05) is 77.1 Å².